The Labute approximate surface area is 85.1 Å². The lowest BCUT2D eigenvalue weighted by atomic mass is 9.94. The topological polar surface area (TPSA) is 35.2 Å². The van der Waals surface area contributed by atoms with Crippen LogP contribution in [-0.4, -0.2) is 13.2 Å². The van der Waals surface area contributed by atoms with Crippen LogP contribution in [0.15, 0.2) is 24.3 Å². The highest BCUT2D eigenvalue weighted by atomic mass is 16.5. The smallest absolute Gasteiger partial charge is 0.119 e. The summed E-state index contributed by atoms with van der Waals surface area (Å²) in [5.41, 5.74) is 7.39. The number of hydrogen-bond acceptors (Lipinski definition) is 2. The van der Waals surface area contributed by atoms with Crippen molar-refractivity contribution in [3.05, 3.63) is 29.8 Å². The van der Waals surface area contributed by atoms with E-state index in [-0.39, 0.29) is 0 Å². The standard InChI is InChI=1S/C12H17NO/c1-14-10-5-2-4-9(8-10)11-6-3-7-12(11)13/h2,4-5,8,11-12H,3,6-7,13H2,1H3/t11-,12+/m0/s1. The van der Waals surface area contributed by atoms with Crippen LogP contribution in [0.5, 0.6) is 5.75 Å². The predicted molar refractivity (Wildman–Crippen MR) is 57.6 cm³/mol. The lowest BCUT2D eigenvalue weighted by Gasteiger charge is -2.16. The molecule has 1 aliphatic rings. The van der Waals surface area contributed by atoms with E-state index in [1.54, 1.807) is 7.11 Å². The Morgan fingerprint density at radius 1 is 1.36 bits per heavy atom. The highest BCUT2D eigenvalue weighted by molar-refractivity contribution is 5.32. The first-order valence-electron chi connectivity index (χ1n) is 5.21. The quantitative estimate of drug-likeness (QED) is 0.778. The molecule has 2 heteroatoms. The molecule has 0 unspecified atom stereocenters. The molecule has 0 heterocycles. The van der Waals surface area contributed by atoms with Crippen molar-refractivity contribution in [1.82, 2.24) is 0 Å². The van der Waals surface area contributed by atoms with Crippen LogP contribution in [0.4, 0.5) is 0 Å². The molecule has 0 radical (unpaired) electrons. The van der Waals surface area contributed by atoms with Crippen molar-refractivity contribution >= 4 is 0 Å². The molecule has 1 aliphatic carbocycles. The molecule has 1 saturated carbocycles. The largest absolute Gasteiger partial charge is 0.497 e. The van der Waals surface area contributed by atoms with E-state index in [0.717, 1.165) is 12.2 Å². The predicted octanol–water partition coefficient (Wildman–Crippen LogP) is 2.29. The van der Waals surface area contributed by atoms with Crippen LogP contribution < -0.4 is 10.5 Å². The van der Waals surface area contributed by atoms with Gasteiger partial charge in [-0.15, -0.1) is 0 Å². The average Bonchev–Trinajstić information content (AvgIpc) is 2.65. The average molecular weight is 191 g/mol. The van der Waals surface area contributed by atoms with Crippen molar-refractivity contribution in [2.45, 2.75) is 31.2 Å². The Morgan fingerprint density at radius 2 is 2.21 bits per heavy atom. The first-order valence-corrected chi connectivity index (χ1v) is 5.21. The first kappa shape index (κ1) is 9.53. The van der Waals surface area contributed by atoms with Gasteiger partial charge >= 0.3 is 0 Å². The van der Waals surface area contributed by atoms with Gasteiger partial charge in [0, 0.05) is 6.04 Å². The van der Waals surface area contributed by atoms with Gasteiger partial charge in [0.2, 0.25) is 0 Å². The van der Waals surface area contributed by atoms with Gasteiger partial charge in [-0.3, -0.25) is 0 Å². The number of methoxy groups -OCH3 is 1. The second kappa shape index (κ2) is 4.01. The van der Waals surface area contributed by atoms with Crippen molar-refractivity contribution in [3.8, 4) is 5.75 Å². The van der Waals surface area contributed by atoms with Crippen LogP contribution in [0.25, 0.3) is 0 Å². The van der Waals surface area contributed by atoms with Crippen molar-refractivity contribution in [2.75, 3.05) is 7.11 Å². The Morgan fingerprint density at radius 3 is 2.86 bits per heavy atom. The highest BCUT2D eigenvalue weighted by Crippen LogP contribution is 2.34. The number of nitrogens with two attached hydrogens (primary N) is 1. The molecular formula is C12H17NO. The summed E-state index contributed by atoms with van der Waals surface area (Å²) in [6, 6.07) is 8.61. The maximum atomic E-state index is 6.06. The van der Waals surface area contributed by atoms with Gasteiger partial charge in [0.05, 0.1) is 7.11 Å². The molecule has 2 atom stereocenters. The molecule has 1 fully saturated rings. The molecule has 76 valence electrons. The minimum Gasteiger partial charge on any atom is -0.497 e. The molecule has 2 N–H and O–H groups in total. The summed E-state index contributed by atoms with van der Waals surface area (Å²) in [5.74, 6) is 1.46. The fraction of sp³-hybridized carbons (Fsp3) is 0.500. The van der Waals surface area contributed by atoms with E-state index >= 15 is 0 Å². The first-order chi connectivity index (χ1) is 6.81. The third kappa shape index (κ3) is 1.75. The van der Waals surface area contributed by atoms with Gasteiger partial charge in [0.25, 0.3) is 0 Å². The zero-order chi connectivity index (χ0) is 9.97. The summed E-state index contributed by atoms with van der Waals surface area (Å²) >= 11 is 0. The zero-order valence-electron chi connectivity index (χ0n) is 8.57. The van der Waals surface area contributed by atoms with Gasteiger partial charge in [-0.2, -0.15) is 0 Å². The minimum atomic E-state index is 0.335. The minimum absolute atomic E-state index is 0.335. The normalized spacial score (nSPS) is 26.4. The molecule has 2 rings (SSSR count). The third-order valence-corrected chi connectivity index (χ3v) is 3.09. The Balaban J connectivity index is 2.22. The number of benzene rings is 1. The molecule has 1 aromatic carbocycles. The van der Waals surface area contributed by atoms with Crippen LogP contribution in [0, 0.1) is 0 Å². The van der Waals surface area contributed by atoms with E-state index in [2.05, 4.69) is 12.1 Å². The lowest BCUT2D eigenvalue weighted by molar-refractivity contribution is 0.413. The summed E-state index contributed by atoms with van der Waals surface area (Å²) in [6.07, 6.45) is 3.62. The van der Waals surface area contributed by atoms with Crippen molar-refractivity contribution in [2.24, 2.45) is 5.73 Å². The molecule has 0 amide bonds. The molecule has 0 aromatic heterocycles. The lowest BCUT2D eigenvalue weighted by Crippen LogP contribution is -2.22. The molecule has 0 spiro atoms. The summed E-state index contributed by atoms with van der Waals surface area (Å²) < 4.78 is 5.21. The Hall–Kier alpha value is -1.02. The molecule has 0 saturated heterocycles. The van der Waals surface area contributed by atoms with E-state index in [9.17, 15) is 0 Å². The highest BCUT2D eigenvalue weighted by Gasteiger charge is 2.25. The van der Waals surface area contributed by atoms with Crippen molar-refractivity contribution < 1.29 is 4.74 Å². The molecule has 0 aliphatic heterocycles. The van der Waals surface area contributed by atoms with Crippen LogP contribution in [0.2, 0.25) is 0 Å². The Kier molecular flexibility index (Phi) is 2.73. The zero-order valence-corrected chi connectivity index (χ0v) is 8.57. The second-order valence-electron chi connectivity index (χ2n) is 3.98. The van der Waals surface area contributed by atoms with Crippen LogP contribution in [0.3, 0.4) is 0 Å². The summed E-state index contributed by atoms with van der Waals surface area (Å²) in [7, 11) is 1.70. The molecule has 2 nitrogen and oxygen atoms in total. The van der Waals surface area contributed by atoms with E-state index in [0.29, 0.717) is 12.0 Å². The van der Waals surface area contributed by atoms with Gasteiger partial charge in [-0.25, -0.2) is 0 Å². The molecule has 1 aromatic rings. The maximum absolute atomic E-state index is 6.06. The fourth-order valence-electron chi connectivity index (χ4n) is 2.27. The van der Waals surface area contributed by atoms with E-state index in [1.807, 2.05) is 12.1 Å². The van der Waals surface area contributed by atoms with Crippen LogP contribution in [0.1, 0.15) is 30.7 Å². The van der Waals surface area contributed by atoms with Gasteiger partial charge in [0.15, 0.2) is 0 Å². The number of hydrogen-bond donors (Lipinski definition) is 1. The maximum Gasteiger partial charge on any atom is 0.119 e. The summed E-state index contributed by atoms with van der Waals surface area (Å²) in [4.78, 5) is 0. The number of rotatable bonds is 2. The number of ether oxygens (including phenoxy) is 1. The summed E-state index contributed by atoms with van der Waals surface area (Å²) in [5, 5.41) is 0. The van der Waals surface area contributed by atoms with E-state index < -0.39 is 0 Å². The van der Waals surface area contributed by atoms with Gasteiger partial charge < -0.3 is 10.5 Å². The van der Waals surface area contributed by atoms with Crippen molar-refractivity contribution in [3.63, 3.8) is 0 Å². The monoisotopic (exact) mass is 191 g/mol. The summed E-state index contributed by atoms with van der Waals surface area (Å²) in [6.45, 7) is 0. The fourth-order valence-corrected chi connectivity index (χ4v) is 2.27. The Bertz CT molecular complexity index is 311. The molecule has 0 bridgehead atoms. The SMILES string of the molecule is COc1cccc([C@@H]2CCC[C@H]2N)c1. The molecule has 14 heavy (non-hydrogen) atoms. The van der Waals surface area contributed by atoms with E-state index in [4.69, 9.17) is 10.5 Å². The van der Waals surface area contributed by atoms with E-state index in [1.165, 1.54) is 18.4 Å². The third-order valence-electron chi connectivity index (χ3n) is 3.09. The molecular weight excluding hydrogens is 174 g/mol. The van der Waals surface area contributed by atoms with Crippen LogP contribution >= 0.6 is 0 Å². The second-order valence-corrected chi connectivity index (χ2v) is 3.98. The van der Waals surface area contributed by atoms with Crippen LogP contribution in [-0.2, 0) is 0 Å². The van der Waals surface area contributed by atoms with Gasteiger partial charge in [-0.05, 0) is 36.5 Å². The van der Waals surface area contributed by atoms with Gasteiger partial charge in [0.1, 0.15) is 5.75 Å². The van der Waals surface area contributed by atoms with Crippen molar-refractivity contribution in [1.29, 1.82) is 0 Å². The van der Waals surface area contributed by atoms with Gasteiger partial charge in [-0.1, -0.05) is 18.6 Å².